The van der Waals surface area contributed by atoms with Crippen molar-refractivity contribution >= 4 is 70.9 Å². The molecule has 5 aromatic carbocycles. The molecule has 10 rings (SSSR count). The van der Waals surface area contributed by atoms with Gasteiger partial charge in [0.15, 0.2) is 0 Å². The summed E-state index contributed by atoms with van der Waals surface area (Å²) in [4.78, 5) is 9.37. The second-order valence-electron chi connectivity index (χ2n) is 11.1. The average Bonchev–Trinajstić information content (AvgIpc) is 3.78. The molecule has 0 spiro atoms. The largest absolute Gasteiger partial charge is 0.309 e. The number of benzene rings is 5. The molecular formula is C38H23N5. The third kappa shape index (κ3) is 2.90. The summed E-state index contributed by atoms with van der Waals surface area (Å²) in [5.74, 6) is 0. The maximum atomic E-state index is 4.93. The lowest BCUT2D eigenvalue weighted by molar-refractivity contribution is 1.17. The van der Waals surface area contributed by atoms with Crippen LogP contribution in [0.3, 0.4) is 0 Å². The zero-order valence-corrected chi connectivity index (χ0v) is 23.0. The lowest BCUT2D eigenvalue weighted by Gasteiger charge is -2.13. The van der Waals surface area contributed by atoms with Gasteiger partial charge in [0.1, 0.15) is 5.65 Å². The summed E-state index contributed by atoms with van der Waals surface area (Å²) >= 11 is 0. The number of hydrogen-bond acceptors (Lipinski definition) is 2. The van der Waals surface area contributed by atoms with E-state index >= 15 is 0 Å². The van der Waals surface area contributed by atoms with Crippen molar-refractivity contribution in [3.63, 3.8) is 0 Å². The fourth-order valence-corrected chi connectivity index (χ4v) is 7.27. The molecule has 0 atom stereocenters. The summed E-state index contributed by atoms with van der Waals surface area (Å²) in [6.07, 6.45) is 7.74. The van der Waals surface area contributed by atoms with Crippen molar-refractivity contribution in [1.29, 1.82) is 0 Å². The summed E-state index contributed by atoms with van der Waals surface area (Å²) in [5, 5.41) is 8.39. The van der Waals surface area contributed by atoms with Crippen molar-refractivity contribution in [2.45, 2.75) is 0 Å². The maximum Gasteiger partial charge on any atom is 0.147 e. The molecule has 0 radical (unpaired) electrons. The lowest BCUT2D eigenvalue weighted by atomic mass is 10.0. The molecule has 0 bridgehead atoms. The Morgan fingerprint density at radius 2 is 1.12 bits per heavy atom. The van der Waals surface area contributed by atoms with Crippen LogP contribution in [0.25, 0.3) is 82.3 Å². The number of pyridine rings is 2. The van der Waals surface area contributed by atoms with Gasteiger partial charge in [0, 0.05) is 56.9 Å². The fourth-order valence-electron chi connectivity index (χ4n) is 7.27. The molecule has 10 aromatic rings. The molecule has 0 aliphatic carbocycles. The van der Waals surface area contributed by atoms with E-state index < -0.39 is 0 Å². The van der Waals surface area contributed by atoms with Crippen LogP contribution in [0, 0.1) is 0 Å². The zero-order chi connectivity index (χ0) is 28.1. The van der Waals surface area contributed by atoms with Gasteiger partial charge in [-0.1, -0.05) is 72.8 Å². The van der Waals surface area contributed by atoms with Crippen LogP contribution in [0.5, 0.6) is 0 Å². The van der Waals surface area contributed by atoms with Crippen molar-refractivity contribution in [3.8, 4) is 11.4 Å². The first-order valence-electron chi connectivity index (χ1n) is 14.5. The number of rotatable bonds is 2. The molecule has 0 unspecified atom stereocenters. The Balaban J connectivity index is 1.52. The summed E-state index contributed by atoms with van der Waals surface area (Å²) in [5.41, 5.74) is 9.02. The van der Waals surface area contributed by atoms with Crippen LogP contribution in [0.2, 0.25) is 0 Å². The Hall–Kier alpha value is -5.94. The third-order valence-corrected chi connectivity index (χ3v) is 8.97. The van der Waals surface area contributed by atoms with E-state index in [2.05, 4.69) is 134 Å². The molecule has 0 aliphatic rings. The molecule has 5 heteroatoms. The molecule has 5 aromatic heterocycles. The predicted octanol–water partition coefficient (Wildman–Crippen LogP) is 9.23. The van der Waals surface area contributed by atoms with Crippen LogP contribution < -0.4 is 0 Å². The predicted molar refractivity (Wildman–Crippen MR) is 177 cm³/mol. The first kappa shape index (κ1) is 22.7. The van der Waals surface area contributed by atoms with Gasteiger partial charge >= 0.3 is 0 Å². The van der Waals surface area contributed by atoms with Gasteiger partial charge in [-0.3, -0.25) is 9.38 Å². The highest BCUT2D eigenvalue weighted by molar-refractivity contribution is 6.31. The number of imidazole rings is 1. The number of fused-ring (bicyclic) bond motifs is 14. The average molecular weight is 550 g/mol. The van der Waals surface area contributed by atoms with Crippen LogP contribution in [0.15, 0.2) is 140 Å². The van der Waals surface area contributed by atoms with Gasteiger partial charge in [-0.2, -0.15) is 0 Å². The zero-order valence-electron chi connectivity index (χ0n) is 23.0. The van der Waals surface area contributed by atoms with Crippen LogP contribution >= 0.6 is 0 Å². The summed E-state index contributed by atoms with van der Waals surface area (Å²) in [7, 11) is 0. The van der Waals surface area contributed by atoms with Gasteiger partial charge in [0.2, 0.25) is 0 Å². The molecule has 43 heavy (non-hydrogen) atoms. The molecule has 0 saturated carbocycles. The van der Waals surface area contributed by atoms with E-state index in [-0.39, 0.29) is 0 Å². The molecule has 5 nitrogen and oxygen atoms in total. The van der Waals surface area contributed by atoms with Crippen LogP contribution in [-0.4, -0.2) is 23.5 Å². The lowest BCUT2D eigenvalue weighted by Crippen LogP contribution is -1.97. The molecule has 0 N–H and O–H groups in total. The van der Waals surface area contributed by atoms with Gasteiger partial charge in [-0.15, -0.1) is 0 Å². The van der Waals surface area contributed by atoms with E-state index in [0.717, 1.165) is 38.8 Å². The van der Waals surface area contributed by atoms with E-state index in [0.29, 0.717) is 0 Å². The number of hydrogen-bond donors (Lipinski definition) is 0. The van der Waals surface area contributed by atoms with Crippen LogP contribution in [-0.2, 0) is 0 Å². The molecule has 0 saturated heterocycles. The highest BCUT2D eigenvalue weighted by Gasteiger charge is 2.23. The summed E-state index contributed by atoms with van der Waals surface area (Å²) < 4.78 is 7.04. The van der Waals surface area contributed by atoms with Crippen molar-refractivity contribution < 1.29 is 0 Å². The van der Waals surface area contributed by atoms with E-state index in [1.165, 1.54) is 43.5 Å². The molecule has 0 amide bonds. The second-order valence-corrected chi connectivity index (χ2v) is 11.1. The maximum absolute atomic E-state index is 4.93. The van der Waals surface area contributed by atoms with E-state index in [9.17, 15) is 0 Å². The summed E-state index contributed by atoms with van der Waals surface area (Å²) in [6, 6.07) is 41.4. The van der Waals surface area contributed by atoms with Crippen molar-refractivity contribution in [2.75, 3.05) is 0 Å². The minimum atomic E-state index is 0.934. The minimum absolute atomic E-state index is 0.934. The monoisotopic (exact) mass is 549 g/mol. The van der Waals surface area contributed by atoms with Crippen LogP contribution in [0.4, 0.5) is 0 Å². The van der Waals surface area contributed by atoms with Gasteiger partial charge < -0.3 is 9.13 Å². The smallest absolute Gasteiger partial charge is 0.147 e. The van der Waals surface area contributed by atoms with Gasteiger partial charge in [-0.25, -0.2) is 4.98 Å². The second kappa shape index (κ2) is 8.30. The van der Waals surface area contributed by atoms with Gasteiger partial charge in [0.05, 0.1) is 39.2 Å². The Morgan fingerprint density at radius 1 is 0.442 bits per heavy atom. The molecule has 0 aliphatic heterocycles. The third-order valence-electron chi connectivity index (χ3n) is 8.97. The Bertz CT molecular complexity index is 2710. The first-order chi connectivity index (χ1) is 21.4. The Morgan fingerprint density at radius 3 is 1.93 bits per heavy atom. The number of aromatic nitrogens is 5. The van der Waals surface area contributed by atoms with E-state index in [1.54, 1.807) is 0 Å². The van der Waals surface area contributed by atoms with Crippen molar-refractivity contribution in [1.82, 2.24) is 23.5 Å². The van der Waals surface area contributed by atoms with Gasteiger partial charge in [0.25, 0.3) is 0 Å². The van der Waals surface area contributed by atoms with Gasteiger partial charge in [-0.05, 0) is 47.9 Å². The normalized spacial score (nSPS) is 12.2. The van der Waals surface area contributed by atoms with Crippen molar-refractivity contribution in [2.24, 2.45) is 0 Å². The highest BCUT2D eigenvalue weighted by Crippen LogP contribution is 2.45. The molecular weight excluding hydrogens is 526 g/mol. The van der Waals surface area contributed by atoms with Crippen LogP contribution in [0.1, 0.15) is 0 Å². The van der Waals surface area contributed by atoms with E-state index in [1.807, 2.05) is 24.8 Å². The molecule has 200 valence electrons. The topological polar surface area (TPSA) is 40.1 Å². The fraction of sp³-hybridized carbons (Fsp3) is 0. The molecule has 0 fully saturated rings. The minimum Gasteiger partial charge on any atom is -0.309 e. The Labute approximate surface area is 245 Å². The standard InChI is InChI=1S/C38H23N5/c1-3-9-24(10-4-1)42-31-14-8-7-13-30(31)34-32(42)18-17-29-28-16-15-27-26-19-20-39-23-33(26)41-22-21-40-38(41)35(27)37(28)43(36(29)34)25-11-5-2-6-12-25/h1-23H. The summed E-state index contributed by atoms with van der Waals surface area (Å²) in [6.45, 7) is 0. The Kier molecular flexibility index (Phi) is 4.39. The quantitative estimate of drug-likeness (QED) is 0.202. The first-order valence-corrected chi connectivity index (χ1v) is 14.5. The highest BCUT2D eigenvalue weighted by atomic mass is 15.0. The van der Waals surface area contributed by atoms with E-state index in [4.69, 9.17) is 4.98 Å². The molecule has 5 heterocycles. The van der Waals surface area contributed by atoms with Crippen molar-refractivity contribution in [3.05, 3.63) is 140 Å². The number of nitrogens with zero attached hydrogens (tertiary/aromatic N) is 5. The number of para-hydroxylation sites is 3. The SMILES string of the molecule is c1ccc(-n2c3ccccc3c3c2ccc2c4ccc5c6ccncc6n6ccnc6c5c4n(-c4ccccc4)c23)cc1.